The van der Waals surface area contributed by atoms with Crippen LogP contribution in [-0.2, 0) is 4.79 Å². The van der Waals surface area contributed by atoms with Crippen molar-refractivity contribution in [2.24, 2.45) is 0 Å². The number of aryl methyl sites for hydroxylation is 2. The van der Waals surface area contributed by atoms with Crippen LogP contribution in [0.3, 0.4) is 0 Å². The van der Waals surface area contributed by atoms with Crippen molar-refractivity contribution < 1.29 is 18.8 Å². The zero-order valence-electron chi connectivity index (χ0n) is 17.0. The van der Waals surface area contributed by atoms with Crippen molar-refractivity contribution in [1.82, 2.24) is 5.16 Å². The summed E-state index contributed by atoms with van der Waals surface area (Å²) in [4.78, 5) is 12.3. The standard InChI is InChI=1S/C23H20ClN3O4/c1-15-4-3-5-19(10-15)29-8-9-30-21-7-6-17(13-20(21)24)12-18(14-25)23(28)26-22-11-16(2)31-27-22/h3-7,10-13H,8-9H2,1-2H3,(H,26,27,28). The van der Waals surface area contributed by atoms with Crippen molar-refractivity contribution >= 4 is 29.4 Å². The van der Waals surface area contributed by atoms with Crippen LogP contribution in [-0.4, -0.2) is 24.3 Å². The molecule has 31 heavy (non-hydrogen) atoms. The minimum atomic E-state index is -0.597. The summed E-state index contributed by atoms with van der Waals surface area (Å²) in [5.41, 5.74) is 1.60. The molecule has 0 saturated carbocycles. The highest BCUT2D eigenvalue weighted by atomic mass is 35.5. The number of halogens is 1. The molecule has 1 aromatic heterocycles. The number of nitrogens with one attached hydrogen (secondary N) is 1. The summed E-state index contributed by atoms with van der Waals surface area (Å²) in [7, 11) is 0. The number of carbonyl (C=O) groups excluding carboxylic acids is 1. The van der Waals surface area contributed by atoms with Gasteiger partial charge in [0, 0.05) is 6.07 Å². The number of benzene rings is 2. The van der Waals surface area contributed by atoms with E-state index in [-0.39, 0.29) is 11.4 Å². The van der Waals surface area contributed by atoms with Crippen LogP contribution in [0, 0.1) is 25.2 Å². The lowest BCUT2D eigenvalue weighted by Crippen LogP contribution is -2.13. The van der Waals surface area contributed by atoms with Gasteiger partial charge in [0.15, 0.2) is 5.82 Å². The lowest BCUT2D eigenvalue weighted by atomic mass is 10.1. The summed E-state index contributed by atoms with van der Waals surface area (Å²) < 4.78 is 16.2. The second-order valence-electron chi connectivity index (χ2n) is 6.65. The molecule has 1 heterocycles. The maximum absolute atomic E-state index is 12.3. The van der Waals surface area contributed by atoms with Gasteiger partial charge in [-0.05, 0) is 55.3 Å². The molecule has 0 fully saturated rings. The first kappa shape index (κ1) is 21.9. The zero-order chi connectivity index (χ0) is 22.2. The second kappa shape index (κ2) is 10.3. The number of aromatic nitrogens is 1. The van der Waals surface area contributed by atoms with Crippen molar-refractivity contribution in [2.75, 3.05) is 18.5 Å². The van der Waals surface area contributed by atoms with Gasteiger partial charge in [0.2, 0.25) is 0 Å². The molecule has 0 aliphatic carbocycles. The summed E-state index contributed by atoms with van der Waals surface area (Å²) in [5, 5.41) is 15.9. The smallest absolute Gasteiger partial charge is 0.267 e. The Hall–Kier alpha value is -3.76. The molecule has 0 bridgehead atoms. The predicted molar refractivity (Wildman–Crippen MR) is 117 cm³/mol. The molecule has 0 saturated heterocycles. The topological polar surface area (TPSA) is 97.4 Å². The molecular weight excluding hydrogens is 418 g/mol. The van der Waals surface area contributed by atoms with Crippen molar-refractivity contribution in [3.8, 4) is 17.6 Å². The van der Waals surface area contributed by atoms with Gasteiger partial charge in [-0.25, -0.2) is 0 Å². The van der Waals surface area contributed by atoms with E-state index in [4.69, 9.17) is 25.6 Å². The molecule has 1 N–H and O–H groups in total. The second-order valence-corrected chi connectivity index (χ2v) is 7.06. The van der Waals surface area contributed by atoms with Gasteiger partial charge in [-0.15, -0.1) is 0 Å². The molecule has 158 valence electrons. The number of carbonyl (C=O) groups is 1. The monoisotopic (exact) mass is 437 g/mol. The molecule has 3 rings (SSSR count). The number of anilines is 1. The number of ether oxygens (including phenoxy) is 2. The molecule has 7 nitrogen and oxygen atoms in total. The van der Waals surface area contributed by atoms with Crippen molar-refractivity contribution in [1.29, 1.82) is 5.26 Å². The van der Waals surface area contributed by atoms with Gasteiger partial charge in [0.05, 0.1) is 5.02 Å². The Morgan fingerprint density at radius 1 is 1.19 bits per heavy atom. The van der Waals surface area contributed by atoms with E-state index in [0.717, 1.165) is 11.3 Å². The molecule has 3 aromatic rings. The van der Waals surface area contributed by atoms with Crippen LogP contribution in [0.15, 0.2) is 58.6 Å². The van der Waals surface area contributed by atoms with E-state index in [2.05, 4.69) is 10.5 Å². The van der Waals surface area contributed by atoms with Gasteiger partial charge < -0.3 is 19.3 Å². The molecule has 1 amide bonds. The lowest BCUT2D eigenvalue weighted by molar-refractivity contribution is -0.112. The average molecular weight is 438 g/mol. The van der Waals surface area contributed by atoms with Gasteiger partial charge in [-0.1, -0.05) is 35.0 Å². The molecule has 0 unspecified atom stereocenters. The summed E-state index contributed by atoms with van der Waals surface area (Å²) in [6.07, 6.45) is 1.43. The maximum atomic E-state index is 12.3. The SMILES string of the molecule is Cc1cccc(OCCOc2ccc(C=C(C#N)C(=O)Nc3cc(C)on3)cc2Cl)c1. The minimum Gasteiger partial charge on any atom is -0.490 e. The highest BCUT2D eigenvalue weighted by molar-refractivity contribution is 6.32. The molecule has 0 aliphatic heterocycles. The van der Waals surface area contributed by atoms with Crippen LogP contribution in [0.25, 0.3) is 6.08 Å². The number of nitriles is 1. The third-order valence-electron chi connectivity index (χ3n) is 4.10. The molecule has 0 aliphatic rings. The van der Waals surface area contributed by atoms with Crippen LogP contribution < -0.4 is 14.8 Å². The van der Waals surface area contributed by atoms with Gasteiger partial charge in [0.25, 0.3) is 5.91 Å². The van der Waals surface area contributed by atoms with Crippen LogP contribution in [0.4, 0.5) is 5.82 Å². The van der Waals surface area contributed by atoms with Gasteiger partial charge in [-0.2, -0.15) is 5.26 Å². The summed E-state index contributed by atoms with van der Waals surface area (Å²) in [6.45, 7) is 4.37. The van der Waals surface area contributed by atoms with Gasteiger partial charge in [-0.3, -0.25) is 4.79 Å². The lowest BCUT2D eigenvalue weighted by Gasteiger charge is -2.10. The highest BCUT2D eigenvalue weighted by Gasteiger charge is 2.12. The fourth-order valence-electron chi connectivity index (χ4n) is 2.66. The third kappa shape index (κ3) is 6.36. The fraction of sp³-hybridized carbons (Fsp3) is 0.174. The van der Waals surface area contributed by atoms with Crippen LogP contribution in [0.2, 0.25) is 5.02 Å². The number of nitrogens with zero attached hydrogens (tertiary/aromatic N) is 2. The van der Waals surface area contributed by atoms with Crippen molar-refractivity contribution in [2.45, 2.75) is 13.8 Å². The Labute approximate surface area is 184 Å². The number of hydrogen-bond acceptors (Lipinski definition) is 6. The summed E-state index contributed by atoms with van der Waals surface area (Å²) in [5.74, 6) is 1.44. The first-order chi connectivity index (χ1) is 14.9. The summed E-state index contributed by atoms with van der Waals surface area (Å²) >= 11 is 6.28. The summed E-state index contributed by atoms with van der Waals surface area (Å²) in [6, 6.07) is 16.2. The Morgan fingerprint density at radius 3 is 2.68 bits per heavy atom. The van der Waals surface area contributed by atoms with E-state index in [1.807, 2.05) is 37.3 Å². The first-order valence-corrected chi connectivity index (χ1v) is 9.80. The largest absolute Gasteiger partial charge is 0.490 e. The van der Waals surface area contributed by atoms with Crippen LogP contribution in [0.1, 0.15) is 16.9 Å². The number of amides is 1. The Balaban J connectivity index is 1.58. The van der Waals surface area contributed by atoms with Crippen LogP contribution in [0.5, 0.6) is 11.5 Å². The Kier molecular flexibility index (Phi) is 7.31. The molecule has 8 heteroatoms. The van der Waals surface area contributed by atoms with E-state index >= 15 is 0 Å². The third-order valence-corrected chi connectivity index (χ3v) is 4.40. The van der Waals surface area contributed by atoms with Gasteiger partial charge >= 0.3 is 0 Å². The normalized spacial score (nSPS) is 11.0. The molecule has 2 aromatic carbocycles. The molecular formula is C23H20ClN3O4. The molecule has 0 radical (unpaired) electrons. The average Bonchev–Trinajstić information content (AvgIpc) is 3.15. The Morgan fingerprint density at radius 2 is 2.00 bits per heavy atom. The van der Waals surface area contributed by atoms with Crippen LogP contribution >= 0.6 is 11.6 Å². The predicted octanol–water partition coefficient (Wildman–Crippen LogP) is 4.95. The fourth-order valence-corrected chi connectivity index (χ4v) is 2.91. The maximum Gasteiger partial charge on any atom is 0.267 e. The van der Waals surface area contributed by atoms with E-state index in [1.165, 1.54) is 6.08 Å². The molecule has 0 atom stereocenters. The highest BCUT2D eigenvalue weighted by Crippen LogP contribution is 2.26. The number of hydrogen-bond donors (Lipinski definition) is 1. The first-order valence-electron chi connectivity index (χ1n) is 9.43. The minimum absolute atomic E-state index is 0.100. The number of rotatable bonds is 8. The van der Waals surface area contributed by atoms with E-state index in [1.54, 1.807) is 31.2 Å². The van der Waals surface area contributed by atoms with Crippen molar-refractivity contribution in [3.05, 3.63) is 76.0 Å². The molecule has 0 spiro atoms. The van der Waals surface area contributed by atoms with E-state index in [9.17, 15) is 10.1 Å². The van der Waals surface area contributed by atoms with E-state index < -0.39 is 5.91 Å². The van der Waals surface area contributed by atoms with Gasteiger partial charge in [0.1, 0.15) is 42.1 Å². The zero-order valence-corrected chi connectivity index (χ0v) is 17.8. The van der Waals surface area contributed by atoms with E-state index in [0.29, 0.717) is 35.3 Å². The Bertz CT molecular complexity index is 1150. The van der Waals surface area contributed by atoms with Crippen molar-refractivity contribution in [3.63, 3.8) is 0 Å². The quantitative estimate of drug-likeness (QED) is 0.304.